The number of nitrogens with zero attached hydrogens (tertiary/aromatic N) is 6. The molecule has 0 spiro atoms. The van der Waals surface area contributed by atoms with E-state index in [9.17, 15) is 4.79 Å². The minimum absolute atomic E-state index is 0.225. The normalized spacial score (nSPS) is 13.2. The van der Waals surface area contributed by atoms with Crippen LogP contribution in [0.3, 0.4) is 0 Å². The molecule has 4 heterocycles. The molecule has 0 unspecified atom stereocenters. The Labute approximate surface area is 195 Å². The molecule has 1 aromatic carbocycles. The van der Waals surface area contributed by atoms with Crippen molar-refractivity contribution in [2.24, 2.45) is 0 Å². The van der Waals surface area contributed by atoms with E-state index in [1.807, 2.05) is 41.0 Å². The van der Waals surface area contributed by atoms with E-state index in [-0.39, 0.29) is 6.03 Å². The van der Waals surface area contributed by atoms with E-state index in [2.05, 4.69) is 41.4 Å². The van der Waals surface area contributed by atoms with Crippen molar-refractivity contribution < 1.29 is 4.79 Å². The molecule has 1 N–H and O–H groups in total. The fourth-order valence-corrected chi connectivity index (χ4v) is 4.76. The van der Waals surface area contributed by atoms with E-state index in [1.54, 1.807) is 28.6 Å². The fraction of sp³-hybridized carbons (Fsp3) is 0.150. The van der Waals surface area contributed by atoms with Crippen molar-refractivity contribution >= 4 is 50.6 Å². The number of amides is 2. The highest BCUT2D eigenvalue weighted by Crippen LogP contribution is 2.29. The van der Waals surface area contributed by atoms with Crippen molar-refractivity contribution in [3.63, 3.8) is 0 Å². The lowest BCUT2D eigenvalue weighted by atomic mass is 10.2. The van der Waals surface area contributed by atoms with Gasteiger partial charge in [0.15, 0.2) is 17.5 Å². The van der Waals surface area contributed by atoms with E-state index in [0.717, 1.165) is 25.9 Å². The summed E-state index contributed by atoms with van der Waals surface area (Å²) in [6.45, 7) is 1.52. The first-order valence-electron chi connectivity index (χ1n) is 9.38. The highest BCUT2D eigenvalue weighted by molar-refractivity contribution is 9.11. The first kappa shape index (κ1) is 20.1. The van der Waals surface area contributed by atoms with Gasteiger partial charge in [-0.1, -0.05) is 11.6 Å². The van der Waals surface area contributed by atoms with Gasteiger partial charge in [0.25, 0.3) is 0 Å². The summed E-state index contributed by atoms with van der Waals surface area (Å²) in [4.78, 5) is 24.1. The molecule has 11 heteroatoms. The van der Waals surface area contributed by atoms with Crippen molar-refractivity contribution in [2.75, 3.05) is 11.9 Å². The number of fused-ring (bicyclic) bond motifs is 1. The van der Waals surface area contributed by atoms with Crippen LogP contribution in [-0.4, -0.2) is 42.2 Å². The largest absolute Gasteiger partial charge is 0.322 e. The molecule has 1 aliphatic rings. The smallest absolute Gasteiger partial charge is 0.315 e. The summed E-state index contributed by atoms with van der Waals surface area (Å²) >= 11 is 11.0. The third kappa shape index (κ3) is 4.18. The molecule has 0 radical (unpaired) electrons. The van der Waals surface area contributed by atoms with Crippen LogP contribution in [0.25, 0.3) is 22.1 Å². The Morgan fingerprint density at radius 3 is 2.55 bits per heavy atom. The molecule has 3 aromatic heterocycles. The van der Waals surface area contributed by atoms with Crippen LogP contribution in [0.15, 0.2) is 52.6 Å². The van der Waals surface area contributed by atoms with Crippen molar-refractivity contribution in [1.29, 1.82) is 0 Å². The first-order chi connectivity index (χ1) is 15.1. The molecule has 2 amide bonds. The number of thiophene rings is 1. The number of rotatable bonds is 3. The summed E-state index contributed by atoms with van der Waals surface area (Å²) < 4.78 is 3.05. The van der Waals surface area contributed by atoms with Gasteiger partial charge in [-0.3, -0.25) is 0 Å². The molecule has 4 aromatic rings. The maximum Gasteiger partial charge on any atom is 0.322 e. The fourth-order valence-electron chi connectivity index (χ4n) is 3.30. The SMILES string of the molecule is O=C(Nc1cnc(-c2ccc(Br)s2)nc1)N1CCn2c(nnc2-c2ccc(Cl)cc2)C1. The number of carbonyl (C=O) groups is 1. The number of nitrogens with one attached hydrogen (secondary N) is 1. The molecule has 0 saturated heterocycles. The molecular formula is C20H15BrClN7OS. The summed E-state index contributed by atoms with van der Waals surface area (Å²) in [6.07, 6.45) is 3.22. The quantitative estimate of drug-likeness (QED) is 0.417. The monoisotopic (exact) mass is 515 g/mol. The van der Waals surface area contributed by atoms with Crippen LogP contribution in [-0.2, 0) is 13.1 Å². The molecular weight excluding hydrogens is 502 g/mol. The van der Waals surface area contributed by atoms with E-state index >= 15 is 0 Å². The number of urea groups is 1. The van der Waals surface area contributed by atoms with Gasteiger partial charge in [0, 0.05) is 23.7 Å². The molecule has 0 aliphatic carbocycles. The predicted octanol–water partition coefficient (Wildman–Crippen LogP) is 4.93. The van der Waals surface area contributed by atoms with Crippen molar-refractivity contribution in [2.45, 2.75) is 13.1 Å². The molecule has 156 valence electrons. The number of hydrogen-bond acceptors (Lipinski definition) is 6. The van der Waals surface area contributed by atoms with Gasteiger partial charge in [-0.25, -0.2) is 14.8 Å². The minimum Gasteiger partial charge on any atom is -0.315 e. The summed E-state index contributed by atoms with van der Waals surface area (Å²) in [7, 11) is 0. The average Bonchev–Trinajstić information content (AvgIpc) is 3.41. The summed E-state index contributed by atoms with van der Waals surface area (Å²) in [5.74, 6) is 2.13. The van der Waals surface area contributed by atoms with Crippen LogP contribution in [0.5, 0.6) is 0 Å². The molecule has 5 rings (SSSR count). The molecule has 0 fully saturated rings. The Bertz CT molecular complexity index is 1240. The van der Waals surface area contributed by atoms with E-state index < -0.39 is 0 Å². The number of hydrogen-bond donors (Lipinski definition) is 1. The maximum absolute atomic E-state index is 12.7. The third-order valence-electron chi connectivity index (χ3n) is 4.84. The number of benzene rings is 1. The number of aromatic nitrogens is 5. The van der Waals surface area contributed by atoms with Gasteiger partial charge in [-0.05, 0) is 52.3 Å². The Kier molecular flexibility index (Phi) is 5.43. The highest BCUT2D eigenvalue weighted by atomic mass is 79.9. The van der Waals surface area contributed by atoms with Gasteiger partial charge in [-0.2, -0.15) is 0 Å². The molecule has 31 heavy (non-hydrogen) atoms. The second kappa shape index (κ2) is 8.37. The number of carbonyl (C=O) groups excluding carboxylic acids is 1. The Morgan fingerprint density at radius 1 is 1.06 bits per heavy atom. The lowest BCUT2D eigenvalue weighted by Crippen LogP contribution is -2.41. The molecule has 0 bridgehead atoms. The highest BCUT2D eigenvalue weighted by Gasteiger charge is 2.25. The third-order valence-corrected chi connectivity index (χ3v) is 6.71. The minimum atomic E-state index is -0.225. The molecule has 1 aliphatic heterocycles. The van der Waals surface area contributed by atoms with E-state index in [1.165, 1.54) is 0 Å². The van der Waals surface area contributed by atoms with Gasteiger partial charge < -0.3 is 14.8 Å². The van der Waals surface area contributed by atoms with Crippen molar-refractivity contribution in [3.05, 3.63) is 63.4 Å². The van der Waals surface area contributed by atoms with E-state index in [0.29, 0.717) is 36.2 Å². The number of anilines is 1. The van der Waals surface area contributed by atoms with Crippen LogP contribution < -0.4 is 5.32 Å². The second-order valence-electron chi connectivity index (χ2n) is 6.85. The zero-order chi connectivity index (χ0) is 21.4. The van der Waals surface area contributed by atoms with Crippen LogP contribution in [0.2, 0.25) is 5.02 Å². The summed E-state index contributed by atoms with van der Waals surface area (Å²) in [5.41, 5.74) is 1.48. The summed E-state index contributed by atoms with van der Waals surface area (Å²) in [5, 5.41) is 12.1. The standard InChI is InChI=1S/C20H15BrClN7OS/c21-16-6-5-15(31-16)18-23-9-14(10-24-18)25-20(30)28-7-8-29-17(11-28)26-27-19(29)12-1-3-13(22)4-2-12/h1-6,9-10H,7-8,11H2,(H,25,30). The first-order valence-corrected chi connectivity index (χ1v) is 11.4. The van der Waals surface area contributed by atoms with Crippen LogP contribution in [0, 0.1) is 0 Å². The Balaban J connectivity index is 1.26. The van der Waals surface area contributed by atoms with Crippen LogP contribution >= 0.6 is 38.9 Å². The van der Waals surface area contributed by atoms with Gasteiger partial charge in [0.2, 0.25) is 0 Å². The lowest BCUT2D eigenvalue weighted by molar-refractivity contribution is 0.196. The van der Waals surface area contributed by atoms with Gasteiger partial charge in [0.1, 0.15) is 0 Å². The van der Waals surface area contributed by atoms with E-state index in [4.69, 9.17) is 11.6 Å². The zero-order valence-electron chi connectivity index (χ0n) is 16.0. The van der Waals surface area contributed by atoms with Crippen molar-refractivity contribution in [1.82, 2.24) is 29.6 Å². The van der Waals surface area contributed by atoms with Gasteiger partial charge >= 0.3 is 6.03 Å². The Morgan fingerprint density at radius 2 is 1.84 bits per heavy atom. The predicted molar refractivity (Wildman–Crippen MR) is 123 cm³/mol. The van der Waals surface area contributed by atoms with Crippen LogP contribution in [0.4, 0.5) is 10.5 Å². The summed E-state index contributed by atoms with van der Waals surface area (Å²) in [6, 6.07) is 11.2. The van der Waals surface area contributed by atoms with Crippen molar-refractivity contribution in [3.8, 4) is 22.1 Å². The van der Waals surface area contributed by atoms with Gasteiger partial charge in [0.05, 0.1) is 33.3 Å². The maximum atomic E-state index is 12.7. The average molecular weight is 517 g/mol. The zero-order valence-corrected chi connectivity index (χ0v) is 19.2. The topological polar surface area (TPSA) is 88.8 Å². The lowest BCUT2D eigenvalue weighted by Gasteiger charge is -2.27. The van der Waals surface area contributed by atoms with Crippen LogP contribution in [0.1, 0.15) is 5.82 Å². The molecule has 0 saturated carbocycles. The molecule has 0 atom stereocenters. The van der Waals surface area contributed by atoms with Gasteiger partial charge in [-0.15, -0.1) is 21.5 Å². The number of halogens is 2. The second-order valence-corrected chi connectivity index (χ2v) is 9.75. The molecule has 8 nitrogen and oxygen atoms in total. The Hall–Kier alpha value is -2.82.